The van der Waals surface area contributed by atoms with E-state index in [1.54, 1.807) is 6.92 Å². The molecule has 1 fully saturated rings. The Morgan fingerprint density at radius 1 is 1.56 bits per heavy atom. The molecule has 0 bridgehead atoms. The third kappa shape index (κ3) is 3.34. The van der Waals surface area contributed by atoms with Crippen molar-refractivity contribution in [2.45, 2.75) is 58.0 Å². The molecule has 3 unspecified atom stereocenters. The average Bonchev–Trinajstić information content (AvgIpc) is 2.66. The fourth-order valence-electron chi connectivity index (χ4n) is 1.45. The van der Waals surface area contributed by atoms with Gasteiger partial charge in [-0.1, -0.05) is 19.8 Å². The minimum absolute atomic E-state index is 0.482. The third-order valence-corrected chi connectivity index (χ3v) is 3.16. The lowest BCUT2D eigenvalue weighted by atomic mass is 10.0. The molecule has 1 rings (SSSR count). The molecule has 0 aliphatic carbocycles. The summed E-state index contributed by atoms with van der Waals surface area (Å²) in [6.07, 6.45) is 2.48. The molecule has 100 valence electrons. The summed E-state index contributed by atoms with van der Waals surface area (Å²) in [5, 5.41) is 9.78. The monoisotopic (exact) mass is 252 g/mol. The summed E-state index contributed by atoms with van der Waals surface area (Å²) >= 11 is 0. The second-order valence-corrected chi connectivity index (χ2v) is 4.72. The van der Waals surface area contributed by atoms with Gasteiger partial charge in [-0.15, -0.1) is 0 Å². The number of ether oxygens (including phenoxy) is 2. The molecule has 1 N–H and O–H groups in total. The molecule has 4 nitrogen and oxygen atoms in total. The normalized spacial score (nSPS) is 32.3. The number of carbonyl (C=O) groups excluding carboxylic acids is 1. The van der Waals surface area contributed by atoms with Crippen LogP contribution >= 0.6 is 0 Å². The minimum atomic E-state index is -1.05. The summed E-state index contributed by atoms with van der Waals surface area (Å²) in [6.45, 7) is 7.27. The zero-order valence-corrected chi connectivity index (χ0v) is 11.3. The molecular formula is C14H20O4. The molecular weight excluding hydrogens is 232 g/mol. The summed E-state index contributed by atoms with van der Waals surface area (Å²) < 4.78 is 11.1. The van der Waals surface area contributed by atoms with Crippen LogP contribution < -0.4 is 0 Å². The lowest BCUT2D eigenvalue weighted by Crippen LogP contribution is -2.25. The van der Waals surface area contributed by atoms with E-state index in [0.29, 0.717) is 24.9 Å². The van der Waals surface area contributed by atoms with E-state index in [9.17, 15) is 9.90 Å². The predicted octanol–water partition coefficient (Wildman–Crippen LogP) is 1.78. The molecule has 0 radical (unpaired) electrons. The summed E-state index contributed by atoms with van der Waals surface area (Å²) in [5.41, 5.74) is -1.68. The number of hydrogen-bond acceptors (Lipinski definition) is 4. The maximum absolute atomic E-state index is 10.5. The molecule has 1 saturated heterocycles. The van der Waals surface area contributed by atoms with Crippen LogP contribution in [0.5, 0.6) is 0 Å². The largest absolute Gasteiger partial charge is 0.455 e. The van der Waals surface area contributed by atoms with E-state index in [1.807, 2.05) is 20.8 Å². The molecule has 18 heavy (non-hydrogen) atoms. The van der Waals surface area contributed by atoms with Gasteiger partial charge >= 0.3 is 0 Å². The summed E-state index contributed by atoms with van der Waals surface area (Å²) in [7, 11) is 0. The molecule has 0 aromatic rings. The predicted molar refractivity (Wildman–Crippen MR) is 67.5 cm³/mol. The molecule has 4 heteroatoms. The van der Waals surface area contributed by atoms with E-state index in [0.717, 1.165) is 0 Å². The van der Waals surface area contributed by atoms with Crippen molar-refractivity contribution in [2.75, 3.05) is 0 Å². The Morgan fingerprint density at radius 2 is 2.22 bits per heavy atom. The first kappa shape index (κ1) is 14.7. The zero-order valence-electron chi connectivity index (χ0n) is 11.3. The number of aldehydes is 1. The Bertz CT molecular complexity index is 400. The van der Waals surface area contributed by atoms with E-state index < -0.39 is 17.5 Å². The van der Waals surface area contributed by atoms with Crippen molar-refractivity contribution in [1.82, 2.24) is 0 Å². The van der Waals surface area contributed by atoms with Crippen molar-refractivity contribution < 1.29 is 19.4 Å². The van der Waals surface area contributed by atoms with Crippen molar-refractivity contribution in [3.63, 3.8) is 0 Å². The first-order valence-corrected chi connectivity index (χ1v) is 6.12. The van der Waals surface area contributed by atoms with Gasteiger partial charge < -0.3 is 14.6 Å². The number of carbonyl (C=O) groups is 1. The molecule has 1 heterocycles. The van der Waals surface area contributed by atoms with Crippen molar-refractivity contribution in [3.05, 3.63) is 11.8 Å². The third-order valence-electron chi connectivity index (χ3n) is 3.16. The Balaban J connectivity index is 2.86. The standard InChI is InChI=1S/C14H20O4/c1-5-13(3,16)9-7-12-17-11(8-10-15)14(4,6-2)18-12/h8,10,12,16H,5-6H2,1-4H3/b11-8-. The van der Waals surface area contributed by atoms with Gasteiger partial charge in [-0.25, -0.2) is 0 Å². The van der Waals surface area contributed by atoms with Crippen LogP contribution in [0.2, 0.25) is 0 Å². The maximum Gasteiger partial charge on any atom is 0.265 e. The van der Waals surface area contributed by atoms with E-state index in [1.165, 1.54) is 6.08 Å². The molecule has 0 amide bonds. The highest BCUT2D eigenvalue weighted by atomic mass is 16.7. The average molecular weight is 252 g/mol. The van der Waals surface area contributed by atoms with Gasteiger partial charge in [0.2, 0.25) is 0 Å². The first-order valence-electron chi connectivity index (χ1n) is 6.12. The summed E-state index contributed by atoms with van der Waals surface area (Å²) in [5.74, 6) is 5.95. The van der Waals surface area contributed by atoms with Gasteiger partial charge in [-0.3, -0.25) is 4.79 Å². The van der Waals surface area contributed by atoms with Crippen LogP contribution in [0.3, 0.4) is 0 Å². The second-order valence-electron chi connectivity index (χ2n) is 4.72. The van der Waals surface area contributed by atoms with Crippen LogP contribution in [0.25, 0.3) is 0 Å². The van der Waals surface area contributed by atoms with E-state index >= 15 is 0 Å². The van der Waals surface area contributed by atoms with E-state index in [-0.39, 0.29) is 0 Å². The highest BCUT2D eigenvalue weighted by Gasteiger charge is 2.40. The number of hydrogen-bond donors (Lipinski definition) is 1. The lowest BCUT2D eigenvalue weighted by Gasteiger charge is -2.18. The lowest BCUT2D eigenvalue weighted by molar-refractivity contribution is -0.104. The minimum Gasteiger partial charge on any atom is -0.455 e. The maximum atomic E-state index is 10.5. The van der Waals surface area contributed by atoms with Gasteiger partial charge in [-0.05, 0) is 32.6 Å². The molecule has 0 spiro atoms. The van der Waals surface area contributed by atoms with Gasteiger partial charge in [0.1, 0.15) is 23.2 Å². The Hall–Kier alpha value is -1.31. The molecule has 1 aliphatic rings. The van der Waals surface area contributed by atoms with E-state index in [2.05, 4.69) is 11.8 Å². The number of rotatable bonds is 3. The van der Waals surface area contributed by atoms with Crippen molar-refractivity contribution in [1.29, 1.82) is 0 Å². The fraction of sp³-hybridized carbons (Fsp3) is 0.643. The van der Waals surface area contributed by atoms with Crippen LogP contribution in [0.1, 0.15) is 40.5 Å². The van der Waals surface area contributed by atoms with Gasteiger partial charge in [0.05, 0.1) is 0 Å². The molecule has 0 saturated carbocycles. The summed E-state index contributed by atoms with van der Waals surface area (Å²) in [6, 6.07) is 0. The zero-order chi connectivity index (χ0) is 13.8. The Morgan fingerprint density at radius 3 is 2.72 bits per heavy atom. The van der Waals surface area contributed by atoms with Gasteiger partial charge in [-0.2, -0.15) is 0 Å². The number of aliphatic hydroxyl groups is 1. The fourth-order valence-corrected chi connectivity index (χ4v) is 1.45. The smallest absolute Gasteiger partial charge is 0.265 e. The molecule has 0 aromatic carbocycles. The highest BCUT2D eigenvalue weighted by molar-refractivity contribution is 5.66. The van der Waals surface area contributed by atoms with Gasteiger partial charge in [0.15, 0.2) is 0 Å². The van der Waals surface area contributed by atoms with Gasteiger partial charge in [0.25, 0.3) is 6.29 Å². The topological polar surface area (TPSA) is 55.8 Å². The van der Waals surface area contributed by atoms with Crippen molar-refractivity contribution >= 4 is 6.29 Å². The Labute approximate surface area is 108 Å². The van der Waals surface area contributed by atoms with Crippen molar-refractivity contribution in [2.24, 2.45) is 0 Å². The molecule has 1 aliphatic heterocycles. The van der Waals surface area contributed by atoms with Crippen molar-refractivity contribution in [3.8, 4) is 11.8 Å². The Kier molecular flexibility index (Phi) is 4.55. The van der Waals surface area contributed by atoms with E-state index in [4.69, 9.17) is 9.47 Å². The van der Waals surface area contributed by atoms with Crippen LogP contribution in [-0.4, -0.2) is 28.9 Å². The van der Waals surface area contributed by atoms with Crippen LogP contribution in [0.4, 0.5) is 0 Å². The number of allylic oxidation sites excluding steroid dienone is 1. The highest BCUT2D eigenvalue weighted by Crippen LogP contribution is 2.35. The molecule has 3 atom stereocenters. The van der Waals surface area contributed by atoms with Crippen LogP contribution in [-0.2, 0) is 14.3 Å². The van der Waals surface area contributed by atoms with Crippen LogP contribution in [0, 0.1) is 11.8 Å². The first-order chi connectivity index (χ1) is 8.37. The van der Waals surface area contributed by atoms with Gasteiger partial charge in [0, 0.05) is 6.08 Å². The quantitative estimate of drug-likeness (QED) is 0.472. The van der Waals surface area contributed by atoms with Crippen LogP contribution in [0.15, 0.2) is 11.8 Å². The second kappa shape index (κ2) is 5.55. The summed E-state index contributed by atoms with van der Waals surface area (Å²) in [4.78, 5) is 10.5. The molecule has 0 aromatic heterocycles. The SMILES string of the molecule is CCC(C)(O)C#CC1O/C(=C\C=O)C(C)(CC)O1.